The maximum Gasteiger partial charge on any atom is 0.417 e. The SMILES string of the molecule is CN(C)Cc1ccc2cccc(NS(=O)(=O)c3ccc(C(N)=O)cc3)c2n1.CN(C)Cc1ccc2cccc(NS(=O)(=O)c3ccccc3C(F)(F)F)c2n1.Cc1cccc(S(=O)(=O)Nc2cccc3ccc(CN(C)C)nc23)c1.[C-]#[N+]c1cccc(S(=O)(=O)Nc2cccc3ccc(CN(C)C)nc23)c1. The quantitative estimate of drug-likeness (QED) is 0.0418. The van der Waals surface area contributed by atoms with E-state index in [0.717, 1.165) is 57.0 Å². The third kappa shape index (κ3) is 20.9. The van der Waals surface area contributed by atoms with Crippen molar-refractivity contribution in [1.29, 1.82) is 0 Å². The van der Waals surface area contributed by atoms with E-state index in [2.05, 4.69) is 43.7 Å². The third-order valence-corrected chi connectivity index (χ3v) is 21.0. The normalized spacial score (nSPS) is 11.9. The molecular formula is C76H77F3N14O9S4. The van der Waals surface area contributed by atoms with Crippen LogP contribution in [-0.2, 0) is 72.4 Å². The van der Waals surface area contributed by atoms with Crippen molar-refractivity contribution in [3.05, 3.63) is 269 Å². The number of carbonyl (C=O) groups excluding carboxylic acids is 1. The molecule has 4 aromatic heterocycles. The number of aryl methyl sites for hydroxylation is 1. The number of nitrogens with one attached hydrogen (secondary N) is 4. The number of anilines is 4. The fraction of sp³-hybridized carbons (Fsp3) is 0.184. The van der Waals surface area contributed by atoms with Crippen LogP contribution < -0.4 is 24.6 Å². The van der Waals surface area contributed by atoms with Gasteiger partial charge in [0.25, 0.3) is 40.1 Å². The number of aromatic nitrogens is 4. The number of amides is 1. The molecule has 23 nitrogen and oxygen atoms in total. The van der Waals surface area contributed by atoms with Gasteiger partial charge < -0.3 is 25.3 Å². The van der Waals surface area contributed by atoms with E-state index in [4.69, 9.17) is 12.3 Å². The lowest BCUT2D eigenvalue weighted by molar-refractivity contribution is -0.139. The van der Waals surface area contributed by atoms with Gasteiger partial charge in [-0.2, -0.15) is 13.2 Å². The highest BCUT2D eigenvalue weighted by atomic mass is 32.2. The maximum atomic E-state index is 13.2. The lowest BCUT2D eigenvalue weighted by Gasteiger charge is -2.15. The van der Waals surface area contributed by atoms with E-state index < -0.39 is 62.6 Å². The molecule has 30 heteroatoms. The molecule has 1 amide bonds. The van der Waals surface area contributed by atoms with E-state index in [1.807, 2.05) is 156 Å². The van der Waals surface area contributed by atoms with Gasteiger partial charge in [-0.25, -0.2) is 58.5 Å². The van der Waals surface area contributed by atoms with Crippen molar-refractivity contribution in [3.63, 3.8) is 0 Å². The summed E-state index contributed by atoms with van der Waals surface area (Å²) in [6.07, 6.45) is -4.79. The fourth-order valence-electron chi connectivity index (χ4n) is 10.8. The van der Waals surface area contributed by atoms with Crippen LogP contribution in [0.15, 0.2) is 238 Å². The van der Waals surface area contributed by atoms with Crippen molar-refractivity contribution in [1.82, 2.24) is 39.5 Å². The van der Waals surface area contributed by atoms with Gasteiger partial charge >= 0.3 is 6.18 Å². The first-order chi connectivity index (χ1) is 50.1. The van der Waals surface area contributed by atoms with Crippen LogP contribution in [0.5, 0.6) is 0 Å². The number of benzene rings is 8. The van der Waals surface area contributed by atoms with Gasteiger partial charge in [0.2, 0.25) is 5.91 Å². The molecule has 0 spiro atoms. The van der Waals surface area contributed by atoms with E-state index in [1.165, 1.54) is 48.5 Å². The number of sulfonamides is 4. The van der Waals surface area contributed by atoms with Crippen molar-refractivity contribution >= 4 is 118 Å². The van der Waals surface area contributed by atoms with Gasteiger partial charge in [-0.1, -0.05) is 109 Å². The van der Waals surface area contributed by atoms with E-state index in [9.17, 15) is 51.6 Å². The summed E-state index contributed by atoms with van der Waals surface area (Å²) in [5.74, 6) is -0.612. The average molecular weight is 1520 g/mol. The van der Waals surface area contributed by atoms with Crippen LogP contribution in [0.25, 0.3) is 48.5 Å². The highest BCUT2D eigenvalue weighted by Crippen LogP contribution is 2.36. The number of primary amides is 1. The smallest absolute Gasteiger partial charge is 0.366 e. The van der Waals surface area contributed by atoms with Gasteiger partial charge in [0.15, 0.2) is 5.69 Å². The Labute approximate surface area is 614 Å². The van der Waals surface area contributed by atoms with Crippen LogP contribution in [0.1, 0.15) is 44.3 Å². The first kappa shape index (κ1) is 79.1. The third-order valence-electron chi connectivity index (χ3n) is 15.5. The largest absolute Gasteiger partial charge is 0.417 e. The number of hydrogen-bond donors (Lipinski definition) is 5. The highest BCUT2D eigenvalue weighted by molar-refractivity contribution is 7.93. The second kappa shape index (κ2) is 33.8. The van der Waals surface area contributed by atoms with Gasteiger partial charge in [0.1, 0.15) is 0 Å². The summed E-state index contributed by atoms with van der Waals surface area (Å²) in [5.41, 5.74) is 12.3. The molecule has 0 aliphatic rings. The first-order valence-corrected chi connectivity index (χ1v) is 38.4. The number of rotatable bonds is 21. The summed E-state index contributed by atoms with van der Waals surface area (Å²) in [4.78, 5) is 40.2. The molecule has 550 valence electrons. The minimum absolute atomic E-state index is 0.0361. The zero-order chi connectivity index (χ0) is 76.9. The Morgan fingerprint density at radius 3 is 1.08 bits per heavy atom. The number of para-hydroxylation sites is 4. The number of hydrogen-bond acceptors (Lipinski definition) is 17. The first-order valence-electron chi connectivity index (χ1n) is 32.4. The standard InChI is InChI=1S/C19H18F3N3O2S.C19H20N4O3S.C19H18N4O2S.C19H21N3O2S/c1-25(2)12-14-11-10-13-6-5-8-16(18(13)23-14)24-28(26,27)17-9-4-3-7-15(17)19(20,21)22;1-23(2)12-15-9-6-13-4-3-5-17(18(13)21-15)22-27(25,26)16-10-7-14(8-11-16)19(20)24;1-20-15-7-5-8-17(12-15)26(24,25)22-18-9-4-6-14-10-11-16(13-23(2)3)21-19(14)18;1-14-6-4-8-17(12-14)25(23,24)21-18-9-5-7-15-10-11-16(13-22(2)3)20-19(15)18/h3-11,24H,12H2,1-2H3;3-11,22H,12H2,1-2H3,(H2,20,24);4-12,22H,13H2,2-3H3;4-12,21H,13H2,1-3H3. The van der Waals surface area contributed by atoms with Crippen molar-refractivity contribution in [2.75, 3.05) is 75.3 Å². The zero-order valence-corrected chi connectivity index (χ0v) is 62.4. The molecule has 0 bridgehead atoms. The predicted octanol–water partition coefficient (Wildman–Crippen LogP) is 13.4. The summed E-state index contributed by atoms with van der Waals surface area (Å²) in [7, 11) is -0.331. The van der Waals surface area contributed by atoms with Crippen LogP contribution >= 0.6 is 0 Å². The second-order valence-corrected chi connectivity index (χ2v) is 32.1. The van der Waals surface area contributed by atoms with Gasteiger partial charge in [-0.05, 0) is 178 Å². The molecule has 0 fully saturated rings. The number of fused-ring (bicyclic) bond motifs is 4. The van der Waals surface area contributed by atoms with Crippen molar-refractivity contribution < 1.29 is 51.6 Å². The average Bonchev–Trinajstić information content (AvgIpc) is 0.809. The second-order valence-electron chi connectivity index (χ2n) is 25.4. The summed E-state index contributed by atoms with van der Waals surface area (Å²) in [5, 5.41) is 3.25. The number of nitrogens with two attached hydrogens (primary N) is 1. The number of pyridine rings is 4. The van der Waals surface area contributed by atoms with E-state index >= 15 is 0 Å². The molecule has 0 atom stereocenters. The minimum atomic E-state index is -4.79. The monoisotopic (exact) mass is 1510 g/mol. The van der Waals surface area contributed by atoms with Crippen LogP contribution in [0.2, 0.25) is 0 Å². The Balaban J connectivity index is 0.000000164. The molecule has 0 unspecified atom stereocenters. The van der Waals surface area contributed by atoms with Gasteiger partial charge in [-0.15, -0.1) is 0 Å². The minimum Gasteiger partial charge on any atom is -0.366 e. The molecule has 8 aromatic carbocycles. The van der Waals surface area contributed by atoms with Crippen LogP contribution in [0, 0.1) is 13.5 Å². The van der Waals surface area contributed by atoms with Crippen LogP contribution in [0.3, 0.4) is 0 Å². The van der Waals surface area contributed by atoms with E-state index in [0.29, 0.717) is 76.4 Å². The van der Waals surface area contributed by atoms with E-state index in [-0.39, 0.29) is 31.6 Å². The van der Waals surface area contributed by atoms with Crippen LogP contribution in [-0.4, -0.2) is 135 Å². The lowest BCUT2D eigenvalue weighted by atomic mass is 10.2. The topological polar surface area (TPSA) is 297 Å². The van der Waals surface area contributed by atoms with Crippen LogP contribution in [0.4, 0.5) is 41.6 Å². The summed E-state index contributed by atoms with van der Waals surface area (Å²) in [6, 6.07) is 58.5. The van der Waals surface area contributed by atoms with Gasteiger partial charge in [-0.3, -0.25) is 23.7 Å². The molecule has 0 saturated carbocycles. The number of carbonyl (C=O) groups is 1. The molecule has 0 aliphatic carbocycles. The molecule has 0 radical (unpaired) electrons. The van der Waals surface area contributed by atoms with Crippen molar-refractivity contribution in [2.45, 2.75) is 58.9 Å². The summed E-state index contributed by atoms with van der Waals surface area (Å²) >= 11 is 0. The van der Waals surface area contributed by atoms with Crippen molar-refractivity contribution in [2.24, 2.45) is 5.73 Å². The summed E-state index contributed by atoms with van der Waals surface area (Å²) < 4.78 is 152. The molecular weight excluding hydrogens is 1440 g/mol. The molecule has 6 N–H and O–H groups in total. The Morgan fingerprint density at radius 2 is 0.736 bits per heavy atom. The fourth-order valence-corrected chi connectivity index (χ4v) is 15.4. The molecule has 12 aromatic rings. The number of alkyl halides is 3. The van der Waals surface area contributed by atoms with Crippen molar-refractivity contribution in [3.8, 4) is 0 Å². The Bertz CT molecular complexity index is 5730. The number of halogens is 3. The maximum absolute atomic E-state index is 13.2. The zero-order valence-electron chi connectivity index (χ0n) is 59.2. The Morgan fingerprint density at radius 1 is 0.406 bits per heavy atom. The van der Waals surface area contributed by atoms with Gasteiger partial charge in [0, 0.05) is 53.3 Å². The highest BCUT2D eigenvalue weighted by Gasteiger charge is 2.37. The molecule has 12 rings (SSSR count). The summed E-state index contributed by atoms with van der Waals surface area (Å²) in [6.45, 7) is 11.4. The molecule has 0 aliphatic heterocycles. The predicted molar refractivity (Wildman–Crippen MR) is 410 cm³/mol. The Hall–Kier alpha value is -11.0. The molecule has 0 saturated heterocycles. The Kier molecular flexibility index (Phi) is 25.3. The number of nitrogens with zero attached hydrogens (tertiary/aromatic N) is 9. The lowest BCUT2D eigenvalue weighted by Crippen LogP contribution is -2.19. The van der Waals surface area contributed by atoms with E-state index in [1.54, 1.807) is 78.9 Å². The molecule has 106 heavy (non-hydrogen) atoms. The van der Waals surface area contributed by atoms with Gasteiger partial charge in [0.05, 0.1) is 99.3 Å². The molecule has 4 heterocycles.